The van der Waals surface area contributed by atoms with Gasteiger partial charge >= 0.3 is 0 Å². The lowest BCUT2D eigenvalue weighted by molar-refractivity contribution is 0.102. The van der Waals surface area contributed by atoms with E-state index in [-0.39, 0.29) is 5.91 Å². The molecule has 1 N–H and O–H groups in total. The van der Waals surface area contributed by atoms with Gasteiger partial charge in [0.1, 0.15) is 11.6 Å². The number of hydrogen-bond acceptors (Lipinski definition) is 3. The first-order valence-electron chi connectivity index (χ1n) is 9.59. The molecular weight excluding hydrogens is 386 g/mol. The lowest BCUT2D eigenvalue weighted by Crippen LogP contribution is -2.12. The highest BCUT2D eigenvalue weighted by molar-refractivity contribution is 6.34. The Labute approximate surface area is 174 Å². The average molecular weight is 408 g/mol. The predicted molar refractivity (Wildman–Crippen MR) is 115 cm³/mol. The maximum atomic E-state index is 12.6. The Morgan fingerprint density at radius 2 is 2.03 bits per heavy atom. The van der Waals surface area contributed by atoms with E-state index in [1.807, 2.05) is 31.3 Å². The topological polar surface area (TPSA) is 64.7 Å². The smallest absolute Gasteiger partial charge is 0.257 e. The number of halogens is 1. The van der Waals surface area contributed by atoms with Crippen molar-refractivity contribution in [1.29, 1.82) is 0 Å². The van der Waals surface area contributed by atoms with Crippen molar-refractivity contribution < 1.29 is 4.79 Å². The molecule has 0 aliphatic heterocycles. The van der Waals surface area contributed by atoms with Crippen LogP contribution < -0.4 is 5.32 Å². The summed E-state index contributed by atoms with van der Waals surface area (Å²) in [6.07, 6.45) is 4.76. The molecule has 2 aromatic carbocycles. The minimum Gasteiger partial charge on any atom is -0.328 e. The second-order valence-electron chi connectivity index (χ2n) is 6.92. The largest absolute Gasteiger partial charge is 0.328 e. The maximum Gasteiger partial charge on any atom is 0.257 e. The Balaban J connectivity index is 1.66. The van der Waals surface area contributed by atoms with Gasteiger partial charge in [-0.15, -0.1) is 0 Å². The zero-order valence-electron chi connectivity index (χ0n) is 16.4. The van der Waals surface area contributed by atoms with E-state index in [2.05, 4.69) is 26.4 Å². The Bertz CT molecular complexity index is 1180. The van der Waals surface area contributed by atoms with Crippen LogP contribution in [0.25, 0.3) is 11.0 Å². The molecule has 1 amide bonds. The highest BCUT2D eigenvalue weighted by atomic mass is 35.5. The number of fused-ring (bicyclic) bond motifs is 1. The van der Waals surface area contributed by atoms with Crippen LogP contribution in [0.2, 0.25) is 5.02 Å². The number of anilines is 1. The summed E-state index contributed by atoms with van der Waals surface area (Å²) in [5.41, 5.74) is 3.04. The molecule has 0 unspecified atom stereocenters. The van der Waals surface area contributed by atoms with E-state index in [9.17, 15) is 4.79 Å². The van der Waals surface area contributed by atoms with Gasteiger partial charge in [0.2, 0.25) is 0 Å². The number of hydrogen-bond donors (Lipinski definition) is 1. The first-order chi connectivity index (χ1) is 14.1. The van der Waals surface area contributed by atoms with Gasteiger partial charge in [-0.2, -0.15) is 0 Å². The predicted octanol–water partition coefficient (Wildman–Crippen LogP) is 4.91. The highest BCUT2D eigenvalue weighted by Crippen LogP contribution is 2.23. The fourth-order valence-electron chi connectivity index (χ4n) is 3.42. The van der Waals surface area contributed by atoms with Crippen molar-refractivity contribution in [1.82, 2.24) is 19.1 Å². The minimum atomic E-state index is -0.239. The third kappa shape index (κ3) is 3.89. The number of amides is 1. The average Bonchev–Trinajstić information content (AvgIpc) is 3.26. The molecule has 0 saturated heterocycles. The SMILES string of the molecule is CCCn1c(Cn2ccnc2C)nc2cc(NC(=O)c3ccccc3Cl)ccc21. The van der Waals surface area contributed by atoms with E-state index in [1.165, 1.54) is 0 Å². The number of benzene rings is 2. The number of rotatable bonds is 6. The van der Waals surface area contributed by atoms with Crippen LogP contribution in [0.4, 0.5) is 5.69 Å². The summed E-state index contributed by atoms with van der Waals surface area (Å²) in [5, 5.41) is 3.35. The van der Waals surface area contributed by atoms with Crippen LogP contribution in [0.15, 0.2) is 54.9 Å². The van der Waals surface area contributed by atoms with E-state index in [1.54, 1.807) is 30.5 Å². The molecule has 29 heavy (non-hydrogen) atoms. The van der Waals surface area contributed by atoms with E-state index in [4.69, 9.17) is 16.6 Å². The van der Waals surface area contributed by atoms with Crippen LogP contribution in [0.3, 0.4) is 0 Å². The van der Waals surface area contributed by atoms with Crippen molar-refractivity contribution in [3.63, 3.8) is 0 Å². The van der Waals surface area contributed by atoms with Crippen molar-refractivity contribution in [2.24, 2.45) is 0 Å². The van der Waals surface area contributed by atoms with Crippen LogP contribution >= 0.6 is 11.6 Å². The van der Waals surface area contributed by atoms with Crippen molar-refractivity contribution in [3.8, 4) is 0 Å². The van der Waals surface area contributed by atoms with Gasteiger partial charge in [0.25, 0.3) is 5.91 Å². The summed E-state index contributed by atoms with van der Waals surface area (Å²) in [6.45, 7) is 5.66. The molecule has 0 spiro atoms. The molecule has 4 aromatic rings. The molecule has 0 atom stereocenters. The number of aryl methyl sites for hydroxylation is 2. The number of nitrogens with zero attached hydrogens (tertiary/aromatic N) is 4. The van der Waals surface area contributed by atoms with Crippen LogP contribution in [-0.4, -0.2) is 25.0 Å². The Hall–Kier alpha value is -3.12. The molecule has 0 fully saturated rings. The fraction of sp³-hybridized carbons (Fsp3) is 0.227. The molecule has 4 rings (SSSR count). The molecule has 0 bridgehead atoms. The third-order valence-electron chi connectivity index (χ3n) is 4.89. The van der Waals surface area contributed by atoms with E-state index in [0.29, 0.717) is 22.8 Å². The third-order valence-corrected chi connectivity index (χ3v) is 5.22. The minimum absolute atomic E-state index is 0.239. The first-order valence-corrected chi connectivity index (χ1v) is 9.97. The lowest BCUT2D eigenvalue weighted by atomic mass is 10.2. The number of carbonyl (C=O) groups is 1. The molecule has 2 aromatic heterocycles. The summed E-state index contributed by atoms with van der Waals surface area (Å²) < 4.78 is 4.31. The van der Waals surface area contributed by atoms with E-state index >= 15 is 0 Å². The lowest BCUT2D eigenvalue weighted by Gasteiger charge is -2.10. The molecule has 148 valence electrons. The quantitative estimate of drug-likeness (QED) is 0.494. The van der Waals surface area contributed by atoms with Gasteiger partial charge in [0.15, 0.2) is 0 Å². The molecule has 7 heteroatoms. The van der Waals surface area contributed by atoms with Gasteiger partial charge in [0.05, 0.1) is 28.2 Å². The van der Waals surface area contributed by atoms with Crippen LogP contribution in [0, 0.1) is 6.92 Å². The number of aromatic nitrogens is 4. The first kappa shape index (κ1) is 19.2. The zero-order valence-corrected chi connectivity index (χ0v) is 17.1. The molecule has 0 aliphatic carbocycles. The molecule has 0 radical (unpaired) electrons. The fourth-order valence-corrected chi connectivity index (χ4v) is 3.64. The van der Waals surface area contributed by atoms with Crippen molar-refractivity contribution in [2.75, 3.05) is 5.32 Å². The Morgan fingerprint density at radius 1 is 1.21 bits per heavy atom. The van der Waals surface area contributed by atoms with Crippen LogP contribution in [0.1, 0.15) is 35.4 Å². The molecule has 0 saturated carbocycles. The monoisotopic (exact) mass is 407 g/mol. The van der Waals surface area contributed by atoms with Crippen LogP contribution in [-0.2, 0) is 13.1 Å². The summed E-state index contributed by atoms with van der Waals surface area (Å²) in [6, 6.07) is 12.8. The summed E-state index contributed by atoms with van der Waals surface area (Å²) in [7, 11) is 0. The Kier molecular flexibility index (Phi) is 5.36. The van der Waals surface area contributed by atoms with Gasteiger partial charge in [0, 0.05) is 24.6 Å². The molecule has 6 nitrogen and oxygen atoms in total. The zero-order chi connectivity index (χ0) is 20.4. The number of imidazole rings is 2. The summed E-state index contributed by atoms with van der Waals surface area (Å²) >= 11 is 6.14. The van der Waals surface area contributed by atoms with Gasteiger partial charge < -0.3 is 14.5 Å². The van der Waals surface area contributed by atoms with Gasteiger partial charge in [-0.1, -0.05) is 30.7 Å². The number of nitrogens with one attached hydrogen (secondary N) is 1. The van der Waals surface area contributed by atoms with E-state index < -0.39 is 0 Å². The number of carbonyl (C=O) groups excluding carboxylic acids is 1. The maximum absolute atomic E-state index is 12.6. The normalized spacial score (nSPS) is 11.1. The van der Waals surface area contributed by atoms with Gasteiger partial charge in [-0.25, -0.2) is 9.97 Å². The highest BCUT2D eigenvalue weighted by Gasteiger charge is 2.14. The summed E-state index contributed by atoms with van der Waals surface area (Å²) in [4.78, 5) is 21.7. The summed E-state index contributed by atoms with van der Waals surface area (Å²) in [5.74, 6) is 1.68. The molecule has 2 heterocycles. The Morgan fingerprint density at radius 3 is 2.76 bits per heavy atom. The second kappa shape index (κ2) is 8.09. The van der Waals surface area contributed by atoms with Gasteiger partial charge in [-0.3, -0.25) is 4.79 Å². The molecule has 0 aliphatic rings. The molecular formula is C22H22ClN5O. The van der Waals surface area contributed by atoms with E-state index in [0.717, 1.165) is 35.6 Å². The van der Waals surface area contributed by atoms with Crippen molar-refractivity contribution >= 4 is 34.2 Å². The van der Waals surface area contributed by atoms with Gasteiger partial charge in [-0.05, 0) is 43.7 Å². The standard InChI is InChI=1S/C22H22ClN5O/c1-3-11-28-20-9-8-16(25-22(29)17-6-4-5-7-18(17)23)13-19(20)26-21(28)14-27-12-10-24-15(27)2/h4-10,12-13H,3,11,14H2,1-2H3,(H,25,29). The van der Waals surface area contributed by atoms with Crippen molar-refractivity contribution in [2.45, 2.75) is 33.4 Å². The van der Waals surface area contributed by atoms with Crippen LogP contribution in [0.5, 0.6) is 0 Å². The van der Waals surface area contributed by atoms with Crippen molar-refractivity contribution in [3.05, 3.63) is 77.1 Å². The second-order valence-corrected chi connectivity index (χ2v) is 7.33.